The summed E-state index contributed by atoms with van der Waals surface area (Å²) >= 11 is 12.7. The molecule has 2 fully saturated rings. The zero-order valence-electron chi connectivity index (χ0n) is 14.1. The van der Waals surface area contributed by atoms with Crippen LogP contribution in [0.4, 0.5) is 0 Å². The van der Waals surface area contributed by atoms with Crippen LogP contribution in [0.25, 0.3) is 0 Å². The SMILES string of the molecule is Cc1ccc(C2CC3C(=O)NCC3CC2c2ccc(Cl)cc2)c(Cl)c1. The Morgan fingerprint density at radius 3 is 2.44 bits per heavy atom. The predicted molar refractivity (Wildman–Crippen MR) is 102 cm³/mol. The summed E-state index contributed by atoms with van der Waals surface area (Å²) in [5.41, 5.74) is 3.60. The van der Waals surface area contributed by atoms with Crippen molar-refractivity contribution in [2.45, 2.75) is 31.6 Å². The van der Waals surface area contributed by atoms with Crippen LogP contribution in [0.3, 0.4) is 0 Å². The minimum Gasteiger partial charge on any atom is -0.356 e. The molecule has 0 spiro atoms. The van der Waals surface area contributed by atoms with Gasteiger partial charge in [-0.3, -0.25) is 4.79 Å². The van der Waals surface area contributed by atoms with E-state index < -0.39 is 0 Å². The first kappa shape index (κ1) is 16.9. The molecule has 1 N–H and O–H groups in total. The molecule has 1 aliphatic carbocycles. The molecule has 2 nitrogen and oxygen atoms in total. The summed E-state index contributed by atoms with van der Waals surface area (Å²) in [6, 6.07) is 14.4. The maximum absolute atomic E-state index is 12.3. The summed E-state index contributed by atoms with van der Waals surface area (Å²) in [6.45, 7) is 2.84. The first-order valence-corrected chi connectivity index (χ1v) is 9.57. The lowest BCUT2D eigenvalue weighted by molar-refractivity contribution is -0.123. The van der Waals surface area contributed by atoms with Crippen molar-refractivity contribution in [3.63, 3.8) is 0 Å². The van der Waals surface area contributed by atoms with E-state index >= 15 is 0 Å². The molecule has 4 unspecified atom stereocenters. The quantitative estimate of drug-likeness (QED) is 0.757. The largest absolute Gasteiger partial charge is 0.356 e. The number of carbonyl (C=O) groups is 1. The van der Waals surface area contributed by atoms with Crippen molar-refractivity contribution in [2.75, 3.05) is 6.54 Å². The minimum absolute atomic E-state index is 0.103. The van der Waals surface area contributed by atoms with E-state index in [4.69, 9.17) is 23.2 Å². The lowest BCUT2D eigenvalue weighted by atomic mass is 9.65. The van der Waals surface area contributed by atoms with Crippen molar-refractivity contribution in [1.29, 1.82) is 0 Å². The van der Waals surface area contributed by atoms with E-state index in [1.165, 1.54) is 5.56 Å². The number of nitrogens with one attached hydrogen (secondary N) is 1. The van der Waals surface area contributed by atoms with Gasteiger partial charge in [0.1, 0.15) is 0 Å². The van der Waals surface area contributed by atoms with E-state index in [0.29, 0.717) is 11.8 Å². The summed E-state index contributed by atoms with van der Waals surface area (Å²) in [5.74, 6) is 1.32. The summed E-state index contributed by atoms with van der Waals surface area (Å²) in [6.07, 6.45) is 1.85. The van der Waals surface area contributed by atoms with Gasteiger partial charge in [-0.1, -0.05) is 47.5 Å². The number of hydrogen-bond acceptors (Lipinski definition) is 1. The number of aryl methyl sites for hydroxylation is 1. The molecule has 0 bridgehead atoms. The Bertz CT molecular complexity index is 802. The highest BCUT2D eigenvalue weighted by Gasteiger charge is 2.45. The number of halogens is 2. The first-order valence-electron chi connectivity index (χ1n) is 8.82. The smallest absolute Gasteiger partial charge is 0.223 e. The summed E-state index contributed by atoms with van der Waals surface area (Å²) < 4.78 is 0. The van der Waals surface area contributed by atoms with Crippen LogP contribution in [0.1, 0.15) is 41.4 Å². The van der Waals surface area contributed by atoms with E-state index in [2.05, 4.69) is 29.6 Å². The van der Waals surface area contributed by atoms with Crippen molar-refractivity contribution >= 4 is 29.1 Å². The van der Waals surface area contributed by atoms with Gasteiger partial charge in [0.15, 0.2) is 0 Å². The van der Waals surface area contributed by atoms with E-state index in [0.717, 1.165) is 40.6 Å². The van der Waals surface area contributed by atoms with Crippen molar-refractivity contribution in [3.8, 4) is 0 Å². The number of fused-ring (bicyclic) bond motifs is 1. The molecule has 1 aliphatic heterocycles. The zero-order chi connectivity index (χ0) is 17.6. The second-order valence-electron chi connectivity index (χ2n) is 7.37. The fourth-order valence-corrected chi connectivity index (χ4v) is 5.05. The molecule has 1 saturated heterocycles. The van der Waals surface area contributed by atoms with Crippen molar-refractivity contribution in [3.05, 3.63) is 69.2 Å². The van der Waals surface area contributed by atoms with Crippen LogP contribution in [0.2, 0.25) is 10.0 Å². The van der Waals surface area contributed by atoms with Crippen molar-refractivity contribution in [1.82, 2.24) is 5.32 Å². The molecule has 130 valence electrons. The molecule has 2 aromatic rings. The maximum atomic E-state index is 12.3. The van der Waals surface area contributed by atoms with Crippen LogP contribution in [-0.4, -0.2) is 12.5 Å². The van der Waals surface area contributed by atoms with Gasteiger partial charge in [-0.05, 0) is 72.4 Å². The first-order chi connectivity index (χ1) is 12.0. The van der Waals surface area contributed by atoms with Gasteiger partial charge in [0.2, 0.25) is 5.91 Å². The second-order valence-corrected chi connectivity index (χ2v) is 8.22. The average Bonchev–Trinajstić information content (AvgIpc) is 2.95. The van der Waals surface area contributed by atoms with Crippen LogP contribution in [0.5, 0.6) is 0 Å². The molecule has 25 heavy (non-hydrogen) atoms. The number of hydrogen-bond donors (Lipinski definition) is 1. The van der Waals surface area contributed by atoms with Crippen LogP contribution in [0.15, 0.2) is 42.5 Å². The molecule has 4 rings (SSSR count). The topological polar surface area (TPSA) is 29.1 Å². The fraction of sp³-hybridized carbons (Fsp3) is 0.381. The lowest BCUT2D eigenvalue weighted by Crippen LogP contribution is -2.30. The van der Waals surface area contributed by atoms with Gasteiger partial charge < -0.3 is 5.32 Å². The summed E-state index contributed by atoms with van der Waals surface area (Å²) in [4.78, 5) is 12.3. The van der Waals surface area contributed by atoms with Gasteiger partial charge in [-0.25, -0.2) is 0 Å². The van der Waals surface area contributed by atoms with Gasteiger partial charge in [0.25, 0.3) is 0 Å². The molecule has 1 heterocycles. The number of amides is 1. The molecule has 0 aromatic heterocycles. The molecular weight excluding hydrogens is 353 g/mol. The molecule has 2 aromatic carbocycles. The highest BCUT2D eigenvalue weighted by Crippen LogP contribution is 2.51. The Hall–Kier alpha value is -1.51. The third kappa shape index (κ3) is 3.18. The van der Waals surface area contributed by atoms with E-state index in [1.807, 2.05) is 25.1 Å². The maximum Gasteiger partial charge on any atom is 0.223 e. The Balaban J connectivity index is 1.75. The summed E-state index contributed by atoms with van der Waals surface area (Å²) in [7, 11) is 0. The van der Waals surface area contributed by atoms with Crippen molar-refractivity contribution < 1.29 is 4.79 Å². The fourth-order valence-electron chi connectivity index (χ4n) is 4.55. The third-order valence-corrected chi connectivity index (χ3v) is 6.43. The molecular formula is C21H21Cl2NO. The van der Waals surface area contributed by atoms with Gasteiger partial charge in [0.05, 0.1) is 0 Å². The highest BCUT2D eigenvalue weighted by molar-refractivity contribution is 6.31. The second kappa shape index (κ2) is 6.66. The van der Waals surface area contributed by atoms with Gasteiger partial charge in [0, 0.05) is 22.5 Å². The molecule has 4 atom stereocenters. The van der Waals surface area contributed by atoms with Crippen LogP contribution < -0.4 is 5.32 Å². The molecule has 1 amide bonds. The molecule has 2 aliphatic rings. The standard InChI is InChI=1S/C21H21Cl2NO/c1-12-2-7-16(20(23)8-12)19-10-18-14(11-24-21(18)25)9-17(19)13-3-5-15(22)6-4-13/h2-8,14,17-19H,9-11H2,1H3,(H,24,25). The minimum atomic E-state index is 0.103. The molecule has 1 saturated carbocycles. The van der Waals surface area contributed by atoms with Crippen LogP contribution >= 0.6 is 23.2 Å². The molecule has 4 heteroatoms. The molecule has 0 radical (unpaired) electrons. The van der Waals surface area contributed by atoms with Crippen molar-refractivity contribution in [2.24, 2.45) is 11.8 Å². The van der Waals surface area contributed by atoms with Gasteiger partial charge >= 0.3 is 0 Å². The normalized spacial score (nSPS) is 28.5. The number of rotatable bonds is 2. The van der Waals surface area contributed by atoms with Crippen LogP contribution in [0, 0.1) is 18.8 Å². The predicted octanol–water partition coefficient (Wildman–Crippen LogP) is 5.33. The number of benzene rings is 2. The highest BCUT2D eigenvalue weighted by atomic mass is 35.5. The third-order valence-electron chi connectivity index (χ3n) is 5.85. The summed E-state index contributed by atoms with van der Waals surface area (Å²) in [5, 5.41) is 4.60. The number of carbonyl (C=O) groups excluding carboxylic acids is 1. The van der Waals surface area contributed by atoms with Crippen LogP contribution in [-0.2, 0) is 4.79 Å². The Morgan fingerprint density at radius 1 is 0.960 bits per heavy atom. The van der Waals surface area contributed by atoms with E-state index in [1.54, 1.807) is 0 Å². The zero-order valence-corrected chi connectivity index (χ0v) is 15.6. The Morgan fingerprint density at radius 2 is 1.72 bits per heavy atom. The lowest BCUT2D eigenvalue weighted by Gasteiger charge is -2.38. The van der Waals surface area contributed by atoms with Gasteiger partial charge in [-0.15, -0.1) is 0 Å². The Labute approximate surface area is 158 Å². The Kier molecular flexibility index (Phi) is 4.51. The van der Waals surface area contributed by atoms with E-state index in [-0.39, 0.29) is 17.7 Å². The average molecular weight is 374 g/mol. The monoisotopic (exact) mass is 373 g/mol. The van der Waals surface area contributed by atoms with E-state index in [9.17, 15) is 4.79 Å². The van der Waals surface area contributed by atoms with Gasteiger partial charge in [-0.2, -0.15) is 0 Å².